The normalized spacial score (nSPS) is 11.4. The van der Waals surface area contributed by atoms with Gasteiger partial charge in [0.1, 0.15) is 0 Å². The molecule has 0 aliphatic carbocycles. The van der Waals surface area contributed by atoms with Crippen LogP contribution in [-0.4, -0.2) is 21.6 Å². The molecule has 0 atom stereocenters. The molecule has 0 aliphatic heterocycles. The van der Waals surface area contributed by atoms with Crippen LogP contribution >= 0.6 is 34.8 Å². The number of hydrogen-bond donors (Lipinski definition) is 2. The van der Waals surface area contributed by atoms with Gasteiger partial charge < -0.3 is 0 Å². The van der Waals surface area contributed by atoms with Gasteiger partial charge in [0.15, 0.2) is 5.69 Å². The van der Waals surface area contributed by atoms with Crippen LogP contribution in [0, 0.1) is 12.3 Å². The summed E-state index contributed by atoms with van der Waals surface area (Å²) in [6, 6.07) is 12.2. The van der Waals surface area contributed by atoms with Crippen molar-refractivity contribution < 1.29 is 9.59 Å². The maximum atomic E-state index is 13.1. The van der Waals surface area contributed by atoms with Gasteiger partial charge in [0.05, 0.1) is 16.4 Å². The zero-order chi connectivity index (χ0) is 25.0. The maximum Gasteiger partial charge on any atom is 0.290 e. The predicted molar refractivity (Wildman–Crippen MR) is 138 cm³/mol. The quantitative estimate of drug-likeness (QED) is 0.336. The summed E-state index contributed by atoms with van der Waals surface area (Å²) in [5.41, 5.74) is 7.24. The molecular weight excluding hydrogens is 495 g/mol. The van der Waals surface area contributed by atoms with Gasteiger partial charge in [0.2, 0.25) is 5.91 Å². The molecular formula is C25H27Cl3N4O2. The number of carbonyl (C=O) groups excluding carboxylic acids is 2. The first kappa shape index (κ1) is 26.1. The number of hydrazine groups is 1. The molecule has 0 saturated carbocycles. The van der Waals surface area contributed by atoms with E-state index in [1.165, 1.54) is 0 Å². The highest BCUT2D eigenvalue weighted by molar-refractivity contribution is 6.35. The molecule has 0 fully saturated rings. The van der Waals surface area contributed by atoms with E-state index in [-0.39, 0.29) is 11.6 Å². The molecule has 2 aromatic carbocycles. The first-order chi connectivity index (χ1) is 16.0. The van der Waals surface area contributed by atoms with Crippen LogP contribution in [0.25, 0.3) is 16.9 Å². The molecule has 3 aromatic rings. The Labute approximate surface area is 214 Å². The minimum absolute atomic E-state index is 0.155. The van der Waals surface area contributed by atoms with E-state index in [9.17, 15) is 9.59 Å². The Morgan fingerprint density at radius 1 is 1.00 bits per heavy atom. The van der Waals surface area contributed by atoms with Gasteiger partial charge in [0, 0.05) is 26.6 Å². The number of halogens is 3. The average Bonchev–Trinajstić information content (AvgIpc) is 3.13. The maximum absolute atomic E-state index is 13.1. The molecule has 9 heteroatoms. The third-order valence-corrected chi connectivity index (χ3v) is 6.44. The summed E-state index contributed by atoms with van der Waals surface area (Å²) in [7, 11) is 0. The number of amides is 2. The van der Waals surface area contributed by atoms with Crippen molar-refractivity contribution in [1.29, 1.82) is 0 Å². The summed E-state index contributed by atoms with van der Waals surface area (Å²) in [6.07, 6.45) is 2.62. The molecule has 1 aromatic heterocycles. The van der Waals surface area contributed by atoms with Crippen LogP contribution in [0.4, 0.5) is 0 Å². The van der Waals surface area contributed by atoms with Gasteiger partial charge >= 0.3 is 0 Å². The molecule has 2 amide bonds. The molecule has 0 aliphatic rings. The Bertz CT molecular complexity index is 1200. The van der Waals surface area contributed by atoms with Crippen molar-refractivity contribution in [3.8, 4) is 16.9 Å². The van der Waals surface area contributed by atoms with Crippen molar-refractivity contribution in [3.05, 3.63) is 68.8 Å². The number of aromatic nitrogens is 2. The van der Waals surface area contributed by atoms with Gasteiger partial charge in [-0.25, -0.2) is 4.68 Å². The SMILES string of the molecule is CCCCC(C)(C)C(=O)NNC(=O)c1nn(-c2ccc(Cl)cc2Cl)c(-c2ccc(Cl)cc2)c1C. The summed E-state index contributed by atoms with van der Waals surface area (Å²) >= 11 is 18.6. The van der Waals surface area contributed by atoms with E-state index in [0.29, 0.717) is 38.4 Å². The number of carbonyl (C=O) groups is 2. The second-order valence-corrected chi connectivity index (χ2v) is 10.0. The number of nitrogens with one attached hydrogen (secondary N) is 2. The fraction of sp³-hybridized carbons (Fsp3) is 0.320. The summed E-state index contributed by atoms with van der Waals surface area (Å²) < 4.78 is 1.60. The van der Waals surface area contributed by atoms with Crippen molar-refractivity contribution in [2.45, 2.75) is 47.0 Å². The van der Waals surface area contributed by atoms with Gasteiger partial charge in [-0.1, -0.05) is 80.5 Å². The van der Waals surface area contributed by atoms with E-state index in [2.05, 4.69) is 22.9 Å². The van der Waals surface area contributed by atoms with E-state index in [1.54, 1.807) is 41.9 Å². The second kappa shape index (κ2) is 10.8. The fourth-order valence-electron chi connectivity index (χ4n) is 3.56. The Morgan fingerprint density at radius 2 is 1.65 bits per heavy atom. The third-order valence-electron chi connectivity index (χ3n) is 5.65. The number of hydrogen-bond acceptors (Lipinski definition) is 3. The Balaban J connectivity index is 1.98. The molecule has 0 saturated heterocycles. The highest BCUT2D eigenvalue weighted by Crippen LogP contribution is 2.33. The topological polar surface area (TPSA) is 76.0 Å². The van der Waals surface area contributed by atoms with E-state index in [1.807, 2.05) is 26.0 Å². The lowest BCUT2D eigenvalue weighted by atomic mass is 9.86. The number of benzene rings is 2. The summed E-state index contributed by atoms with van der Waals surface area (Å²) in [4.78, 5) is 25.7. The summed E-state index contributed by atoms with van der Waals surface area (Å²) in [5.74, 6) is -0.791. The van der Waals surface area contributed by atoms with Gasteiger partial charge in [-0.3, -0.25) is 20.4 Å². The second-order valence-electron chi connectivity index (χ2n) is 8.73. The molecule has 2 N–H and O–H groups in total. The van der Waals surface area contributed by atoms with Gasteiger partial charge in [0.25, 0.3) is 5.91 Å². The average molecular weight is 522 g/mol. The van der Waals surface area contributed by atoms with E-state index >= 15 is 0 Å². The Kier molecular flexibility index (Phi) is 8.29. The lowest BCUT2D eigenvalue weighted by Crippen LogP contribution is -2.47. The smallest absolute Gasteiger partial charge is 0.273 e. The zero-order valence-corrected chi connectivity index (χ0v) is 21.8. The van der Waals surface area contributed by atoms with Gasteiger partial charge in [-0.15, -0.1) is 0 Å². The van der Waals surface area contributed by atoms with Crippen LogP contribution in [0.2, 0.25) is 15.1 Å². The van der Waals surface area contributed by atoms with Crippen molar-refractivity contribution in [2.75, 3.05) is 0 Å². The van der Waals surface area contributed by atoms with Crippen LogP contribution in [0.3, 0.4) is 0 Å². The monoisotopic (exact) mass is 520 g/mol. The molecule has 0 spiro atoms. The minimum atomic E-state index is -0.608. The van der Waals surface area contributed by atoms with Gasteiger partial charge in [-0.05, 0) is 43.7 Å². The molecule has 1 heterocycles. The van der Waals surface area contributed by atoms with Crippen molar-refractivity contribution in [1.82, 2.24) is 20.6 Å². The van der Waals surface area contributed by atoms with Crippen molar-refractivity contribution >= 4 is 46.6 Å². The largest absolute Gasteiger partial charge is 0.290 e. The van der Waals surface area contributed by atoms with Crippen molar-refractivity contribution in [3.63, 3.8) is 0 Å². The van der Waals surface area contributed by atoms with Crippen LogP contribution in [0.1, 0.15) is 56.1 Å². The number of unbranched alkanes of at least 4 members (excludes halogenated alkanes) is 1. The minimum Gasteiger partial charge on any atom is -0.273 e. The molecule has 180 valence electrons. The van der Waals surface area contributed by atoms with Crippen LogP contribution < -0.4 is 10.9 Å². The zero-order valence-electron chi connectivity index (χ0n) is 19.5. The molecule has 0 radical (unpaired) electrons. The molecule has 3 rings (SSSR count). The predicted octanol–water partition coefficient (Wildman–Crippen LogP) is 6.79. The third kappa shape index (κ3) is 5.74. The lowest BCUT2D eigenvalue weighted by Gasteiger charge is -2.23. The van der Waals surface area contributed by atoms with Gasteiger partial charge in [-0.2, -0.15) is 5.10 Å². The van der Waals surface area contributed by atoms with Crippen LogP contribution in [0.5, 0.6) is 0 Å². The lowest BCUT2D eigenvalue weighted by molar-refractivity contribution is -0.130. The van der Waals surface area contributed by atoms with E-state index < -0.39 is 11.3 Å². The molecule has 0 unspecified atom stereocenters. The molecule has 6 nitrogen and oxygen atoms in total. The van der Waals surface area contributed by atoms with Crippen molar-refractivity contribution in [2.24, 2.45) is 5.41 Å². The first-order valence-corrected chi connectivity index (χ1v) is 12.1. The Morgan fingerprint density at radius 3 is 2.26 bits per heavy atom. The van der Waals surface area contributed by atoms with Crippen LogP contribution in [0.15, 0.2) is 42.5 Å². The molecule has 34 heavy (non-hydrogen) atoms. The fourth-order valence-corrected chi connectivity index (χ4v) is 4.17. The number of rotatable bonds is 7. The number of nitrogens with zero attached hydrogens (tertiary/aromatic N) is 2. The van der Waals surface area contributed by atoms with Crippen LogP contribution in [-0.2, 0) is 4.79 Å². The van der Waals surface area contributed by atoms with E-state index in [0.717, 1.165) is 18.4 Å². The first-order valence-electron chi connectivity index (χ1n) is 11.0. The standard InChI is InChI=1S/C25H27Cl3N4O2/c1-5-6-13-25(3,4)24(34)30-29-23(33)21-15(2)22(16-7-9-17(26)10-8-16)32(31-21)20-12-11-18(27)14-19(20)28/h7-12,14H,5-6,13H2,1-4H3,(H,29,33)(H,30,34). The highest BCUT2D eigenvalue weighted by atomic mass is 35.5. The summed E-state index contributed by atoms with van der Waals surface area (Å²) in [6.45, 7) is 7.57. The summed E-state index contributed by atoms with van der Waals surface area (Å²) in [5, 5.41) is 6.00. The Hall–Kier alpha value is -2.54. The highest BCUT2D eigenvalue weighted by Gasteiger charge is 2.28. The molecule has 0 bridgehead atoms. The van der Waals surface area contributed by atoms with E-state index in [4.69, 9.17) is 34.8 Å².